The number of unbranched alkanes of at least 4 members (excludes halogenated alkanes) is 2. The van der Waals surface area contributed by atoms with E-state index in [0.717, 1.165) is 37.9 Å². The number of pyridine rings is 1. The van der Waals surface area contributed by atoms with Crippen molar-refractivity contribution < 1.29 is 4.79 Å². The van der Waals surface area contributed by atoms with E-state index in [1.54, 1.807) is 23.4 Å². The largest absolute Gasteiger partial charge is 0.313 e. The molecule has 0 bridgehead atoms. The highest BCUT2D eigenvalue weighted by Gasteiger charge is 2.05. The standard InChI is InChI=1S/C11H15ClN2O/c1-2-3-4-5-14(9-15)11-6-10(12)7-13-8-11/h6-9H,2-5H2,1H3. The Hall–Kier alpha value is -1.09. The lowest BCUT2D eigenvalue weighted by molar-refractivity contribution is -0.107. The zero-order valence-electron chi connectivity index (χ0n) is 8.82. The number of hydrogen-bond acceptors (Lipinski definition) is 2. The molecule has 15 heavy (non-hydrogen) atoms. The summed E-state index contributed by atoms with van der Waals surface area (Å²) < 4.78 is 0. The molecule has 1 rings (SSSR count). The number of nitrogens with zero attached hydrogens (tertiary/aromatic N) is 2. The summed E-state index contributed by atoms with van der Waals surface area (Å²) in [4.78, 5) is 16.4. The Morgan fingerprint density at radius 2 is 2.27 bits per heavy atom. The molecule has 0 aromatic carbocycles. The van der Waals surface area contributed by atoms with Gasteiger partial charge in [0.25, 0.3) is 0 Å². The number of anilines is 1. The number of halogens is 1. The number of rotatable bonds is 6. The minimum absolute atomic E-state index is 0.551. The van der Waals surface area contributed by atoms with Gasteiger partial charge >= 0.3 is 0 Å². The van der Waals surface area contributed by atoms with Crippen LogP contribution in [-0.2, 0) is 4.79 Å². The highest BCUT2D eigenvalue weighted by Crippen LogP contribution is 2.17. The maximum absolute atomic E-state index is 10.9. The molecule has 0 fully saturated rings. The summed E-state index contributed by atoms with van der Waals surface area (Å²) in [6, 6.07) is 1.74. The molecule has 1 amide bonds. The summed E-state index contributed by atoms with van der Waals surface area (Å²) in [5.41, 5.74) is 0.758. The number of aromatic nitrogens is 1. The van der Waals surface area contributed by atoms with Crippen molar-refractivity contribution in [2.75, 3.05) is 11.4 Å². The van der Waals surface area contributed by atoms with Crippen LogP contribution in [0.25, 0.3) is 0 Å². The fourth-order valence-corrected chi connectivity index (χ4v) is 1.50. The quantitative estimate of drug-likeness (QED) is 0.552. The van der Waals surface area contributed by atoms with Gasteiger partial charge in [-0.15, -0.1) is 0 Å². The van der Waals surface area contributed by atoms with Crippen molar-refractivity contribution in [2.45, 2.75) is 26.2 Å². The van der Waals surface area contributed by atoms with Gasteiger partial charge in [-0.2, -0.15) is 0 Å². The molecule has 3 nitrogen and oxygen atoms in total. The van der Waals surface area contributed by atoms with Gasteiger partial charge in [0.05, 0.1) is 16.9 Å². The summed E-state index contributed by atoms with van der Waals surface area (Å²) in [6.07, 6.45) is 7.29. The van der Waals surface area contributed by atoms with Crippen molar-refractivity contribution in [1.29, 1.82) is 0 Å². The molecule has 0 aliphatic carbocycles. The summed E-state index contributed by atoms with van der Waals surface area (Å²) in [6.45, 7) is 2.85. The first-order valence-corrected chi connectivity index (χ1v) is 5.48. The van der Waals surface area contributed by atoms with Gasteiger partial charge in [0.2, 0.25) is 6.41 Å². The van der Waals surface area contributed by atoms with Gasteiger partial charge in [-0.3, -0.25) is 9.78 Å². The molecule has 0 aliphatic rings. The van der Waals surface area contributed by atoms with E-state index in [4.69, 9.17) is 11.6 Å². The molecular weight excluding hydrogens is 212 g/mol. The first-order chi connectivity index (χ1) is 7.27. The number of amides is 1. The Kier molecular flexibility index (Phi) is 5.12. The van der Waals surface area contributed by atoms with Crippen molar-refractivity contribution in [3.8, 4) is 0 Å². The third-order valence-electron chi connectivity index (χ3n) is 2.15. The Morgan fingerprint density at radius 3 is 2.87 bits per heavy atom. The third-order valence-corrected chi connectivity index (χ3v) is 2.36. The molecule has 1 aromatic rings. The molecule has 0 spiro atoms. The Bertz CT molecular complexity index is 317. The van der Waals surface area contributed by atoms with Crippen LogP contribution in [0.15, 0.2) is 18.5 Å². The molecule has 1 aromatic heterocycles. The van der Waals surface area contributed by atoms with E-state index in [1.165, 1.54) is 0 Å². The maximum atomic E-state index is 10.9. The van der Waals surface area contributed by atoms with Gasteiger partial charge < -0.3 is 4.90 Å². The van der Waals surface area contributed by atoms with Crippen molar-refractivity contribution in [3.05, 3.63) is 23.5 Å². The van der Waals surface area contributed by atoms with Gasteiger partial charge in [-0.1, -0.05) is 31.4 Å². The lowest BCUT2D eigenvalue weighted by atomic mass is 10.2. The molecule has 4 heteroatoms. The number of carbonyl (C=O) groups is 1. The van der Waals surface area contributed by atoms with Gasteiger partial charge in [-0.25, -0.2) is 0 Å². The second kappa shape index (κ2) is 6.40. The summed E-state index contributed by atoms with van der Waals surface area (Å²) in [5.74, 6) is 0. The van der Waals surface area contributed by atoms with Crippen LogP contribution < -0.4 is 4.90 Å². The molecular formula is C11H15ClN2O. The predicted octanol–water partition coefficient (Wildman–Crippen LogP) is 2.89. The first-order valence-electron chi connectivity index (χ1n) is 5.10. The van der Waals surface area contributed by atoms with Crippen molar-refractivity contribution in [3.63, 3.8) is 0 Å². The topological polar surface area (TPSA) is 33.2 Å². The minimum atomic E-state index is 0.551. The number of hydrogen-bond donors (Lipinski definition) is 0. The Balaban J connectivity index is 2.61. The van der Waals surface area contributed by atoms with E-state index in [0.29, 0.717) is 5.02 Å². The van der Waals surface area contributed by atoms with E-state index >= 15 is 0 Å². The summed E-state index contributed by atoms with van der Waals surface area (Å²) in [5, 5.41) is 0.551. The summed E-state index contributed by atoms with van der Waals surface area (Å²) in [7, 11) is 0. The Morgan fingerprint density at radius 1 is 1.47 bits per heavy atom. The van der Waals surface area contributed by atoms with Crippen LogP contribution in [-0.4, -0.2) is 17.9 Å². The second-order valence-electron chi connectivity index (χ2n) is 3.37. The zero-order chi connectivity index (χ0) is 11.1. The van der Waals surface area contributed by atoms with Gasteiger partial charge in [0, 0.05) is 12.7 Å². The van der Waals surface area contributed by atoms with Crippen LogP contribution in [0.3, 0.4) is 0 Å². The molecule has 1 heterocycles. The molecule has 0 radical (unpaired) electrons. The van der Waals surface area contributed by atoms with Gasteiger partial charge in [0.15, 0.2) is 0 Å². The van der Waals surface area contributed by atoms with Crippen LogP contribution in [0.4, 0.5) is 5.69 Å². The number of carbonyl (C=O) groups excluding carboxylic acids is 1. The van der Waals surface area contributed by atoms with Gasteiger partial charge in [0.1, 0.15) is 0 Å². The maximum Gasteiger partial charge on any atom is 0.214 e. The third kappa shape index (κ3) is 3.88. The van der Waals surface area contributed by atoms with E-state index in [9.17, 15) is 4.79 Å². The second-order valence-corrected chi connectivity index (χ2v) is 3.80. The van der Waals surface area contributed by atoms with Crippen LogP contribution >= 0.6 is 11.6 Å². The van der Waals surface area contributed by atoms with E-state index in [2.05, 4.69) is 11.9 Å². The van der Waals surface area contributed by atoms with Crippen molar-refractivity contribution in [1.82, 2.24) is 4.98 Å². The fraction of sp³-hybridized carbons (Fsp3) is 0.455. The van der Waals surface area contributed by atoms with Crippen LogP contribution in [0.5, 0.6) is 0 Å². The monoisotopic (exact) mass is 226 g/mol. The normalized spacial score (nSPS) is 10.0. The zero-order valence-corrected chi connectivity index (χ0v) is 9.57. The molecule has 0 saturated heterocycles. The lowest BCUT2D eigenvalue weighted by Crippen LogP contribution is -2.22. The molecule has 82 valence electrons. The smallest absolute Gasteiger partial charge is 0.214 e. The molecule has 0 N–H and O–H groups in total. The minimum Gasteiger partial charge on any atom is -0.313 e. The van der Waals surface area contributed by atoms with Gasteiger partial charge in [-0.05, 0) is 12.5 Å². The van der Waals surface area contributed by atoms with E-state index in [-0.39, 0.29) is 0 Å². The molecule has 0 unspecified atom stereocenters. The lowest BCUT2D eigenvalue weighted by Gasteiger charge is -2.16. The Labute approximate surface area is 95.1 Å². The van der Waals surface area contributed by atoms with E-state index in [1.807, 2.05) is 0 Å². The average Bonchev–Trinajstić information content (AvgIpc) is 2.24. The van der Waals surface area contributed by atoms with Crippen molar-refractivity contribution in [2.24, 2.45) is 0 Å². The molecule has 0 aliphatic heterocycles. The fourth-order valence-electron chi connectivity index (χ4n) is 1.33. The highest BCUT2D eigenvalue weighted by atomic mass is 35.5. The first kappa shape index (κ1) is 12.0. The van der Waals surface area contributed by atoms with Crippen LogP contribution in [0.1, 0.15) is 26.2 Å². The average molecular weight is 227 g/mol. The van der Waals surface area contributed by atoms with Crippen LogP contribution in [0.2, 0.25) is 5.02 Å². The van der Waals surface area contributed by atoms with Crippen molar-refractivity contribution >= 4 is 23.7 Å². The predicted molar refractivity (Wildman–Crippen MR) is 62.2 cm³/mol. The SMILES string of the molecule is CCCCCN(C=O)c1cncc(Cl)c1. The molecule has 0 saturated carbocycles. The van der Waals surface area contributed by atoms with E-state index < -0.39 is 0 Å². The highest BCUT2D eigenvalue weighted by molar-refractivity contribution is 6.30. The molecule has 0 atom stereocenters. The van der Waals surface area contributed by atoms with Crippen LogP contribution in [0, 0.1) is 0 Å². The summed E-state index contributed by atoms with van der Waals surface area (Å²) >= 11 is 5.80.